The minimum atomic E-state index is -0.650. The van der Waals surface area contributed by atoms with Crippen molar-refractivity contribution in [3.8, 4) is 22.6 Å². The molecule has 1 fully saturated rings. The molecule has 3 heterocycles. The highest BCUT2D eigenvalue weighted by molar-refractivity contribution is 5.64. The van der Waals surface area contributed by atoms with E-state index < -0.39 is 17.0 Å². The van der Waals surface area contributed by atoms with Crippen LogP contribution in [0.1, 0.15) is 55.4 Å². The molecule has 0 aliphatic heterocycles. The van der Waals surface area contributed by atoms with Gasteiger partial charge in [0.25, 0.3) is 0 Å². The zero-order chi connectivity index (χ0) is 23.0. The zero-order valence-electron chi connectivity index (χ0n) is 18.4. The first-order chi connectivity index (χ1) is 15.8. The smallest absolute Gasteiger partial charge is 0.191 e. The van der Waals surface area contributed by atoms with Crippen LogP contribution in [-0.2, 0) is 5.41 Å². The standard InChI is InChI=1S/C25H21F2N5O/c1-13-29-20(12-33-13)19-10-28-11-21(30-19)25-8-7-15(24(25,2)3)14-9-18(31-32-23(14)25)22-16(26)5-4-6-17(22)27/h4-6,9-12,15H,7-8H2,1-3H3/t15?,25-/m0/s1. The van der Waals surface area contributed by atoms with Gasteiger partial charge in [0, 0.05) is 13.1 Å². The van der Waals surface area contributed by atoms with Crippen molar-refractivity contribution in [1.82, 2.24) is 25.1 Å². The average Bonchev–Trinajstić information content (AvgIpc) is 3.40. The first-order valence-corrected chi connectivity index (χ1v) is 10.9. The number of halogens is 2. The van der Waals surface area contributed by atoms with E-state index in [1.807, 2.05) is 0 Å². The summed E-state index contributed by atoms with van der Waals surface area (Å²) in [7, 11) is 0. The molecular weight excluding hydrogens is 424 g/mol. The summed E-state index contributed by atoms with van der Waals surface area (Å²) >= 11 is 0. The summed E-state index contributed by atoms with van der Waals surface area (Å²) in [5.74, 6) is -0.580. The van der Waals surface area contributed by atoms with Crippen LogP contribution in [0, 0.1) is 24.0 Å². The van der Waals surface area contributed by atoms with E-state index in [-0.39, 0.29) is 22.6 Å². The van der Waals surface area contributed by atoms with Crippen molar-refractivity contribution in [1.29, 1.82) is 0 Å². The summed E-state index contributed by atoms with van der Waals surface area (Å²) < 4.78 is 34.2. The maximum Gasteiger partial charge on any atom is 0.191 e. The molecule has 8 heteroatoms. The van der Waals surface area contributed by atoms with Crippen LogP contribution < -0.4 is 0 Å². The van der Waals surface area contributed by atoms with Crippen molar-refractivity contribution in [3.05, 3.63) is 77.4 Å². The van der Waals surface area contributed by atoms with Crippen molar-refractivity contribution in [3.63, 3.8) is 0 Å². The molecule has 2 aliphatic carbocycles. The van der Waals surface area contributed by atoms with Crippen molar-refractivity contribution in [2.45, 2.75) is 44.9 Å². The predicted octanol–water partition coefficient (Wildman–Crippen LogP) is 5.38. The molecule has 0 radical (unpaired) electrons. The normalized spacial score (nSPS) is 22.5. The molecule has 0 amide bonds. The number of rotatable bonds is 3. The SMILES string of the molecule is Cc1nc(-c2cncc([C@@]34CCC(c5cc(-c6c(F)cccc6F)nnc53)C4(C)C)n2)co1. The molecule has 0 saturated heterocycles. The van der Waals surface area contributed by atoms with Gasteiger partial charge in [0.2, 0.25) is 0 Å². The second-order valence-corrected chi connectivity index (χ2v) is 9.39. The molecule has 2 bridgehead atoms. The summed E-state index contributed by atoms with van der Waals surface area (Å²) in [5.41, 5.74) is 3.16. The van der Waals surface area contributed by atoms with Gasteiger partial charge in [-0.05, 0) is 47.9 Å². The third kappa shape index (κ3) is 2.60. The molecule has 0 N–H and O–H groups in total. The summed E-state index contributed by atoms with van der Waals surface area (Å²) in [5, 5.41) is 8.84. The second-order valence-electron chi connectivity index (χ2n) is 9.39. The van der Waals surface area contributed by atoms with Crippen LogP contribution in [0.4, 0.5) is 8.78 Å². The molecule has 0 spiro atoms. The van der Waals surface area contributed by atoms with Gasteiger partial charge in [-0.25, -0.2) is 18.7 Å². The molecule has 6 nitrogen and oxygen atoms in total. The molecule has 6 rings (SSSR count). The highest BCUT2D eigenvalue weighted by Crippen LogP contribution is 2.69. The molecule has 2 atom stereocenters. The van der Waals surface area contributed by atoms with Gasteiger partial charge in [-0.15, -0.1) is 5.10 Å². The Morgan fingerprint density at radius 2 is 1.79 bits per heavy atom. The lowest BCUT2D eigenvalue weighted by Crippen LogP contribution is -2.38. The van der Waals surface area contributed by atoms with Gasteiger partial charge >= 0.3 is 0 Å². The molecule has 4 aromatic rings. The van der Waals surface area contributed by atoms with E-state index in [0.29, 0.717) is 17.3 Å². The molecule has 3 aromatic heterocycles. The van der Waals surface area contributed by atoms with Gasteiger partial charge in [-0.1, -0.05) is 19.9 Å². The summed E-state index contributed by atoms with van der Waals surface area (Å²) in [6.45, 7) is 6.18. The average molecular weight is 445 g/mol. The first-order valence-electron chi connectivity index (χ1n) is 10.9. The number of nitrogens with zero attached hydrogens (tertiary/aromatic N) is 5. The fraction of sp³-hybridized carbons (Fsp3) is 0.320. The zero-order valence-corrected chi connectivity index (χ0v) is 18.4. The molecule has 2 aliphatic rings. The molecule has 33 heavy (non-hydrogen) atoms. The van der Waals surface area contributed by atoms with E-state index >= 15 is 0 Å². The van der Waals surface area contributed by atoms with Gasteiger partial charge in [-0.3, -0.25) is 4.98 Å². The molecular formula is C25H21F2N5O. The van der Waals surface area contributed by atoms with Gasteiger partial charge in [0.1, 0.15) is 29.3 Å². The number of fused-ring (bicyclic) bond motifs is 5. The van der Waals surface area contributed by atoms with Crippen LogP contribution >= 0.6 is 0 Å². The van der Waals surface area contributed by atoms with E-state index in [4.69, 9.17) is 9.40 Å². The summed E-state index contributed by atoms with van der Waals surface area (Å²) in [6.07, 6.45) is 6.78. The van der Waals surface area contributed by atoms with Crippen LogP contribution in [0.2, 0.25) is 0 Å². The largest absolute Gasteiger partial charge is 0.449 e. The quantitative estimate of drug-likeness (QED) is 0.421. The van der Waals surface area contributed by atoms with E-state index in [1.54, 1.807) is 31.6 Å². The fourth-order valence-corrected chi connectivity index (χ4v) is 5.93. The minimum Gasteiger partial charge on any atom is -0.449 e. The van der Waals surface area contributed by atoms with E-state index in [2.05, 4.69) is 34.0 Å². The van der Waals surface area contributed by atoms with Crippen molar-refractivity contribution in [2.75, 3.05) is 0 Å². The van der Waals surface area contributed by atoms with Crippen molar-refractivity contribution in [2.24, 2.45) is 5.41 Å². The Kier molecular flexibility index (Phi) is 4.09. The summed E-state index contributed by atoms with van der Waals surface area (Å²) in [4.78, 5) is 13.8. The van der Waals surface area contributed by atoms with E-state index in [9.17, 15) is 8.78 Å². The Bertz CT molecular complexity index is 1400. The van der Waals surface area contributed by atoms with E-state index in [1.165, 1.54) is 18.2 Å². The number of benzene rings is 1. The van der Waals surface area contributed by atoms with Gasteiger partial charge < -0.3 is 4.42 Å². The Morgan fingerprint density at radius 1 is 1.00 bits per heavy atom. The Balaban J connectivity index is 1.53. The summed E-state index contributed by atoms with van der Waals surface area (Å²) in [6, 6.07) is 5.61. The highest BCUT2D eigenvalue weighted by Gasteiger charge is 2.65. The molecule has 166 valence electrons. The van der Waals surface area contributed by atoms with Crippen LogP contribution in [0.15, 0.2) is 47.3 Å². The van der Waals surface area contributed by atoms with Crippen LogP contribution in [0.5, 0.6) is 0 Å². The number of aromatic nitrogens is 5. The van der Waals surface area contributed by atoms with Crippen LogP contribution in [0.25, 0.3) is 22.6 Å². The third-order valence-corrected chi connectivity index (χ3v) is 7.55. The maximum absolute atomic E-state index is 14.4. The number of hydrogen-bond donors (Lipinski definition) is 0. The molecule has 1 aromatic carbocycles. The fourth-order valence-electron chi connectivity index (χ4n) is 5.93. The van der Waals surface area contributed by atoms with Gasteiger partial charge in [-0.2, -0.15) is 5.10 Å². The first kappa shape index (κ1) is 20.1. The molecule has 1 saturated carbocycles. The highest BCUT2D eigenvalue weighted by atomic mass is 19.1. The van der Waals surface area contributed by atoms with Crippen molar-refractivity contribution >= 4 is 0 Å². The van der Waals surface area contributed by atoms with Gasteiger partial charge in [0.15, 0.2) is 5.89 Å². The predicted molar refractivity (Wildman–Crippen MR) is 116 cm³/mol. The topological polar surface area (TPSA) is 77.6 Å². The van der Waals surface area contributed by atoms with Crippen molar-refractivity contribution < 1.29 is 13.2 Å². The van der Waals surface area contributed by atoms with Crippen LogP contribution in [-0.4, -0.2) is 25.1 Å². The lowest BCUT2D eigenvalue weighted by molar-refractivity contribution is 0.242. The Morgan fingerprint density at radius 3 is 2.52 bits per heavy atom. The Labute approximate surface area is 189 Å². The number of hydrogen-bond acceptors (Lipinski definition) is 6. The minimum absolute atomic E-state index is 0.148. The van der Waals surface area contributed by atoms with Crippen LogP contribution in [0.3, 0.4) is 0 Å². The second kappa shape index (κ2) is 6.73. The monoisotopic (exact) mass is 445 g/mol. The lowest BCUT2D eigenvalue weighted by Gasteiger charge is -2.37. The van der Waals surface area contributed by atoms with E-state index in [0.717, 1.165) is 29.8 Å². The Hall–Kier alpha value is -3.55. The number of oxazole rings is 1. The third-order valence-electron chi connectivity index (χ3n) is 7.55. The number of aryl methyl sites for hydroxylation is 1. The maximum atomic E-state index is 14.4. The van der Waals surface area contributed by atoms with Gasteiger partial charge in [0.05, 0.1) is 34.3 Å². The lowest BCUT2D eigenvalue weighted by atomic mass is 9.66. The molecule has 1 unspecified atom stereocenters.